The van der Waals surface area contributed by atoms with Crippen molar-refractivity contribution in [3.63, 3.8) is 0 Å². The van der Waals surface area contributed by atoms with Crippen LogP contribution in [0.5, 0.6) is 5.75 Å². The molecule has 3 aromatic rings. The van der Waals surface area contributed by atoms with Gasteiger partial charge < -0.3 is 15.0 Å². The number of amides is 2. The van der Waals surface area contributed by atoms with Crippen LogP contribution in [0.15, 0.2) is 53.9 Å². The molecule has 1 aliphatic rings. The number of benzene rings is 2. The first-order valence-electron chi connectivity index (χ1n) is 9.82. The van der Waals surface area contributed by atoms with Crippen molar-refractivity contribution in [3.8, 4) is 5.75 Å². The van der Waals surface area contributed by atoms with Crippen LogP contribution in [0.2, 0.25) is 0 Å². The number of aromatic nitrogens is 2. The molecule has 4 rings (SSSR count). The molecule has 1 aromatic heterocycles. The molecular formula is C22H21FN4O3S. The van der Waals surface area contributed by atoms with Crippen molar-refractivity contribution in [2.75, 3.05) is 7.11 Å². The second-order valence-electron chi connectivity index (χ2n) is 7.25. The summed E-state index contributed by atoms with van der Waals surface area (Å²) in [5, 5.41) is 8.36. The second kappa shape index (κ2) is 9.22. The number of halogens is 1. The molecule has 2 aromatic carbocycles. The Morgan fingerprint density at radius 1 is 1.19 bits per heavy atom. The number of rotatable bonds is 8. The molecule has 1 N–H and O–H groups in total. The van der Waals surface area contributed by atoms with E-state index in [1.807, 2.05) is 24.3 Å². The number of hydrogen-bond donors (Lipinski definition) is 1. The number of nitrogens with zero attached hydrogens (tertiary/aromatic N) is 3. The fourth-order valence-corrected chi connectivity index (χ4v) is 3.78. The van der Waals surface area contributed by atoms with E-state index in [9.17, 15) is 14.0 Å². The molecule has 160 valence electrons. The lowest BCUT2D eigenvalue weighted by Gasteiger charge is -2.31. The highest BCUT2D eigenvalue weighted by molar-refractivity contribution is 7.03. The summed E-state index contributed by atoms with van der Waals surface area (Å²) < 4.78 is 22.5. The summed E-state index contributed by atoms with van der Waals surface area (Å²) in [5.41, 5.74) is 1.63. The van der Waals surface area contributed by atoms with Crippen LogP contribution in [0.25, 0.3) is 0 Å². The molecule has 9 heteroatoms. The third-order valence-electron chi connectivity index (χ3n) is 5.09. The average Bonchev–Trinajstić information content (AvgIpc) is 3.48. The zero-order chi connectivity index (χ0) is 21.8. The van der Waals surface area contributed by atoms with E-state index in [0.29, 0.717) is 5.56 Å². The Kier molecular flexibility index (Phi) is 6.22. The van der Waals surface area contributed by atoms with Crippen molar-refractivity contribution < 1.29 is 18.7 Å². The minimum atomic E-state index is -0.902. The molecule has 0 saturated heterocycles. The molecule has 0 bridgehead atoms. The Morgan fingerprint density at radius 3 is 2.48 bits per heavy atom. The maximum Gasteiger partial charge on any atom is 0.276 e. The van der Waals surface area contributed by atoms with Crippen LogP contribution in [-0.4, -0.2) is 39.5 Å². The van der Waals surface area contributed by atoms with Gasteiger partial charge in [-0.3, -0.25) is 9.59 Å². The molecule has 1 fully saturated rings. The number of ether oxygens (including phenoxy) is 1. The first-order chi connectivity index (χ1) is 15.1. The van der Waals surface area contributed by atoms with Gasteiger partial charge in [-0.2, -0.15) is 0 Å². The van der Waals surface area contributed by atoms with Gasteiger partial charge >= 0.3 is 0 Å². The van der Waals surface area contributed by atoms with Crippen molar-refractivity contribution >= 4 is 23.3 Å². The molecule has 1 heterocycles. The van der Waals surface area contributed by atoms with E-state index >= 15 is 0 Å². The number of hydrogen-bond acceptors (Lipinski definition) is 6. The molecular weight excluding hydrogens is 419 g/mol. The maximum absolute atomic E-state index is 13.5. The van der Waals surface area contributed by atoms with Gasteiger partial charge in [0.15, 0.2) is 5.69 Å². The summed E-state index contributed by atoms with van der Waals surface area (Å²) in [7, 11) is 1.59. The summed E-state index contributed by atoms with van der Waals surface area (Å²) in [5.74, 6) is -0.383. The van der Waals surface area contributed by atoms with Crippen LogP contribution in [-0.2, 0) is 11.3 Å². The lowest BCUT2D eigenvalue weighted by Crippen LogP contribution is -2.45. The number of carbonyl (C=O) groups is 2. The molecule has 0 unspecified atom stereocenters. The Balaban J connectivity index is 1.60. The van der Waals surface area contributed by atoms with Gasteiger partial charge in [-0.15, -0.1) is 5.10 Å². The van der Waals surface area contributed by atoms with Crippen LogP contribution in [0.4, 0.5) is 4.39 Å². The molecule has 0 spiro atoms. The van der Waals surface area contributed by atoms with Crippen molar-refractivity contribution in [2.45, 2.75) is 31.5 Å². The Labute approximate surface area is 183 Å². The third-order valence-corrected chi connectivity index (χ3v) is 5.60. The predicted molar refractivity (Wildman–Crippen MR) is 113 cm³/mol. The van der Waals surface area contributed by atoms with Crippen LogP contribution in [0.1, 0.15) is 40.5 Å². The fraction of sp³-hybridized carbons (Fsp3) is 0.273. The van der Waals surface area contributed by atoms with E-state index in [2.05, 4.69) is 14.9 Å². The number of carbonyl (C=O) groups excluding carboxylic acids is 2. The van der Waals surface area contributed by atoms with Crippen LogP contribution >= 0.6 is 11.5 Å². The van der Waals surface area contributed by atoms with Crippen molar-refractivity contribution in [3.05, 3.63) is 76.5 Å². The minimum absolute atomic E-state index is 0.0732. The van der Waals surface area contributed by atoms with E-state index in [4.69, 9.17) is 4.74 Å². The molecule has 0 aliphatic heterocycles. The van der Waals surface area contributed by atoms with Crippen LogP contribution in [0, 0.1) is 5.82 Å². The zero-order valence-corrected chi connectivity index (χ0v) is 17.6. The third kappa shape index (κ3) is 4.88. The van der Waals surface area contributed by atoms with Crippen molar-refractivity contribution in [2.24, 2.45) is 0 Å². The topological polar surface area (TPSA) is 84.4 Å². The van der Waals surface area contributed by atoms with Gasteiger partial charge in [-0.05, 0) is 59.8 Å². The lowest BCUT2D eigenvalue weighted by molar-refractivity contribution is -0.126. The Bertz CT molecular complexity index is 1040. The van der Waals surface area contributed by atoms with Crippen LogP contribution < -0.4 is 10.1 Å². The van der Waals surface area contributed by atoms with E-state index in [1.54, 1.807) is 17.4 Å². The van der Waals surface area contributed by atoms with E-state index in [1.165, 1.54) is 24.3 Å². The highest BCUT2D eigenvalue weighted by Gasteiger charge is 2.42. The quantitative estimate of drug-likeness (QED) is 0.581. The van der Waals surface area contributed by atoms with Crippen LogP contribution in [0.3, 0.4) is 0 Å². The van der Waals surface area contributed by atoms with E-state index < -0.39 is 11.9 Å². The second-order valence-corrected chi connectivity index (χ2v) is 7.86. The van der Waals surface area contributed by atoms with Gasteiger partial charge in [-0.25, -0.2) is 4.39 Å². The van der Waals surface area contributed by atoms with Gasteiger partial charge in [0.2, 0.25) is 5.91 Å². The van der Waals surface area contributed by atoms with E-state index in [0.717, 1.165) is 35.7 Å². The Morgan fingerprint density at radius 2 is 1.90 bits per heavy atom. The molecule has 1 atom stereocenters. The first kappa shape index (κ1) is 20.9. The molecule has 1 saturated carbocycles. The normalized spacial score (nSPS) is 14.0. The molecule has 2 amide bonds. The van der Waals surface area contributed by atoms with Crippen molar-refractivity contribution in [1.82, 2.24) is 19.8 Å². The minimum Gasteiger partial charge on any atom is -0.497 e. The first-order valence-corrected chi connectivity index (χ1v) is 10.7. The largest absolute Gasteiger partial charge is 0.497 e. The van der Waals surface area contributed by atoms with Gasteiger partial charge in [0.1, 0.15) is 17.6 Å². The summed E-state index contributed by atoms with van der Waals surface area (Å²) in [4.78, 5) is 28.0. The molecule has 31 heavy (non-hydrogen) atoms. The standard InChI is InChI=1S/C22H21FN4O3S/c1-30-18-10-2-14(3-11-18)12-24-21(28)20(15-4-6-16(23)7-5-15)27(17-8-9-17)22(29)19-13-31-26-25-19/h2-7,10-11,13,17,20H,8-9,12H2,1H3,(H,24,28)/t20-/m0/s1. The summed E-state index contributed by atoms with van der Waals surface area (Å²) in [6.07, 6.45) is 1.60. The van der Waals surface area contributed by atoms with Gasteiger partial charge in [-0.1, -0.05) is 28.8 Å². The van der Waals surface area contributed by atoms with E-state index in [-0.39, 0.29) is 30.1 Å². The average molecular weight is 441 g/mol. The van der Waals surface area contributed by atoms with Gasteiger partial charge in [0.05, 0.1) is 7.11 Å². The monoisotopic (exact) mass is 440 g/mol. The predicted octanol–water partition coefficient (Wildman–Crippen LogP) is 3.35. The van der Waals surface area contributed by atoms with Gasteiger partial charge in [0.25, 0.3) is 5.91 Å². The summed E-state index contributed by atoms with van der Waals surface area (Å²) >= 11 is 1.08. The molecule has 7 nitrogen and oxygen atoms in total. The number of nitrogens with one attached hydrogen (secondary N) is 1. The molecule has 0 radical (unpaired) electrons. The van der Waals surface area contributed by atoms with Gasteiger partial charge in [0, 0.05) is 18.0 Å². The lowest BCUT2D eigenvalue weighted by atomic mass is 10.0. The maximum atomic E-state index is 13.5. The number of methoxy groups -OCH3 is 1. The highest BCUT2D eigenvalue weighted by atomic mass is 32.1. The Hall–Kier alpha value is -3.33. The SMILES string of the molecule is COc1ccc(CNC(=O)[C@H](c2ccc(F)cc2)N(C(=O)c2csnn2)C2CC2)cc1. The smallest absolute Gasteiger partial charge is 0.276 e. The summed E-state index contributed by atoms with van der Waals surface area (Å²) in [6.45, 7) is 0.283. The van der Waals surface area contributed by atoms with Crippen molar-refractivity contribution in [1.29, 1.82) is 0 Å². The zero-order valence-electron chi connectivity index (χ0n) is 16.8. The molecule has 1 aliphatic carbocycles. The fourth-order valence-electron chi connectivity index (χ4n) is 3.35. The highest BCUT2D eigenvalue weighted by Crippen LogP contribution is 2.36. The summed E-state index contributed by atoms with van der Waals surface area (Å²) in [6, 6.07) is 12.0.